The van der Waals surface area contributed by atoms with Crippen LogP contribution in [0.25, 0.3) is 0 Å². The van der Waals surface area contributed by atoms with Crippen LogP contribution in [0.4, 0.5) is 0 Å². The van der Waals surface area contributed by atoms with E-state index in [-0.39, 0.29) is 0 Å². The smallest absolute Gasteiger partial charge is 0.0934 e. The van der Waals surface area contributed by atoms with E-state index >= 15 is 0 Å². The number of rotatable bonds is 3. The van der Waals surface area contributed by atoms with E-state index in [1.54, 1.807) is 23.7 Å². The van der Waals surface area contributed by atoms with Crippen LogP contribution in [-0.4, -0.2) is 10.1 Å². The molecular formula is C11H9Br2NOS. The molecule has 0 saturated carbocycles. The minimum absolute atomic E-state index is 0.481. The van der Waals surface area contributed by atoms with Gasteiger partial charge in [0.2, 0.25) is 0 Å². The summed E-state index contributed by atoms with van der Waals surface area (Å²) < 4.78 is 1.90. The Balaban J connectivity index is 2.14. The molecule has 2 aromatic heterocycles. The van der Waals surface area contributed by atoms with E-state index in [9.17, 15) is 5.11 Å². The second-order valence-electron chi connectivity index (χ2n) is 3.36. The summed E-state index contributed by atoms with van der Waals surface area (Å²) in [5.41, 5.74) is 1.02. The summed E-state index contributed by atoms with van der Waals surface area (Å²) in [7, 11) is 0. The standard InChI is InChI=1S/C11H9Br2NOS/c12-8-3-7(5-14-6-8)4-10(15)11-9(13)1-2-16-11/h1-3,5-6,10,15H,4H2. The molecule has 0 radical (unpaired) electrons. The molecule has 1 unspecified atom stereocenters. The number of pyridine rings is 1. The zero-order chi connectivity index (χ0) is 11.5. The first kappa shape index (κ1) is 12.2. The molecule has 2 aromatic rings. The van der Waals surface area contributed by atoms with Crippen molar-refractivity contribution in [3.8, 4) is 0 Å². The molecule has 2 rings (SSSR count). The van der Waals surface area contributed by atoms with Crippen LogP contribution in [0.2, 0.25) is 0 Å². The van der Waals surface area contributed by atoms with Crippen molar-refractivity contribution < 1.29 is 5.11 Å². The quantitative estimate of drug-likeness (QED) is 0.896. The van der Waals surface area contributed by atoms with Crippen molar-refractivity contribution >= 4 is 43.2 Å². The predicted molar refractivity (Wildman–Crippen MR) is 72.6 cm³/mol. The van der Waals surface area contributed by atoms with Gasteiger partial charge in [0.25, 0.3) is 0 Å². The van der Waals surface area contributed by atoms with Crippen LogP contribution >= 0.6 is 43.2 Å². The Morgan fingerprint density at radius 3 is 2.81 bits per heavy atom. The Hall–Kier alpha value is -0.230. The van der Waals surface area contributed by atoms with Crippen LogP contribution < -0.4 is 0 Å². The van der Waals surface area contributed by atoms with Gasteiger partial charge in [-0.05, 0) is 54.9 Å². The third-order valence-corrected chi connectivity index (χ3v) is 4.54. The van der Waals surface area contributed by atoms with E-state index in [0.717, 1.165) is 19.4 Å². The van der Waals surface area contributed by atoms with E-state index in [1.807, 2.05) is 17.5 Å². The van der Waals surface area contributed by atoms with E-state index in [1.165, 1.54) is 0 Å². The predicted octanol–water partition coefficient (Wildman–Crippen LogP) is 3.94. The second-order valence-corrected chi connectivity index (χ2v) is 6.08. The Bertz CT molecular complexity index is 486. The Labute approximate surface area is 115 Å². The molecule has 0 aliphatic heterocycles. The van der Waals surface area contributed by atoms with Crippen LogP contribution in [0.3, 0.4) is 0 Å². The molecule has 0 aliphatic rings. The number of nitrogens with zero attached hydrogens (tertiary/aromatic N) is 1. The van der Waals surface area contributed by atoms with Gasteiger partial charge in [-0.25, -0.2) is 0 Å². The third kappa shape index (κ3) is 2.91. The summed E-state index contributed by atoms with van der Waals surface area (Å²) in [5, 5.41) is 12.0. The lowest BCUT2D eigenvalue weighted by atomic mass is 10.1. The van der Waals surface area contributed by atoms with E-state index in [0.29, 0.717) is 6.42 Å². The maximum atomic E-state index is 10.1. The monoisotopic (exact) mass is 361 g/mol. The minimum Gasteiger partial charge on any atom is -0.387 e. The van der Waals surface area contributed by atoms with E-state index in [4.69, 9.17) is 0 Å². The highest BCUT2D eigenvalue weighted by Gasteiger charge is 2.13. The molecule has 2 nitrogen and oxygen atoms in total. The maximum absolute atomic E-state index is 10.1. The lowest BCUT2D eigenvalue weighted by molar-refractivity contribution is 0.181. The largest absolute Gasteiger partial charge is 0.387 e. The average molecular weight is 363 g/mol. The minimum atomic E-state index is -0.481. The first-order valence-electron chi connectivity index (χ1n) is 4.67. The summed E-state index contributed by atoms with van der Waals surface area (Å²) >= 11 is 8.34. The summed E-state index contributed by atoms with van der Waals surface area (Å²) in [4.78, 5) is 5.03. The number of hydrogen-bond acceptors (Lipinski definition) is 3. The average Bonchev–Trinajstić information content (AvgIpc) is 2.64. The molecule has 0 bridgehead atoms. The van der Waals surface area contributed by atoms with Crippen LogP contribution in [0.15, 0.2) is 38.9 Å². The third-order valence-electron chi connectivity index (χ3n) is 2.14. The summed E-state index contributed by atoms with van der Waals surface area (Å²) in [6.07, 6.45) is 3.60. The molecule has 0 aromatic carbocycles. The highest BCUT2D eigenvalue weighted by Crippen LogP contribution is 2.31. The molecule has 0 fully saturated rings. The molecule has 16 heavy (non-hydrogen) atoms. The van der Waals surface area contributed by atoms with Crippen LogP contribution in [0.5, 0.6) is 0 Å². The number of aromatic nitrogens is 1. The van der Waals surface area contributed by atoms with Crippen molar-refractivity contribution in [2.75, 3.05) is 0 Å². The van der Waals surface area contributed by atoms with Gasteiger partial charge in [-0.2, -0.15) is 0 Å². The maximum Gasteiger partial charge on any atom is 0.0934 e. The fourth-order valence-electron chi connectivity index (χ4n) is 1.43. The van der Waals surface area contributed by atoms with Gasteiger partial charge in [0.1, 0.15) is 0 Å². The van der Waals surface area contributed by atoms with Crippen molar-refractivity contribution in [2.45, 2.75) is 12.5 Å². The lowest BCUT2D eigenvalue weighted by Gasteiger charge is -2.09. The van der Waals surface area contributed by atoms with E-state index < -0.39 is 6.10 Å². The van der Waals surface area contributed by atoms with Gasteiger partial charge < -0.3 is 5.11 Å². The molecule has 0 saturated heterocycles. The molecule has 2 heterocycles. The van der Waals surface area contributed by atoms with Crippen LogP contribution in [0, 0.1) is 0 Å². The van der Waals surface area contributed by atoms with Crippen molar-refractivity contribution in [1.29, 1.82) is 0 Å². The highest BCUT2D eigenvalue weighted by molar-refractivity contribution is 9.10. The number of aliphatic hydroxyl groups excluding tert-OH is 1. The van der Waals surface area contributed by atoms with E-state index in [2.05, 4.69) is 36.8 Å². The number of aliphatic hydroxyl groups is 1. The first-order valence-corrected chi connectivity index (χ1v) is 7.14. The topological polar surface area (TPSA) is 33.1 Å². The fraction of sp³-hybridized carbons (Fsp3) is 0.182. The highest BCUT2D eigenvalue weighted by atomic mass is 79.9. The molecule has 0 amide bonds. The summed E-state index contributed by atoms with van der Waals surface area (Å²) in [6, 6.07) is 3.92. The molecule has 0 aliphatic carbocycles. The number of thiophene rings is 1. The van der Waals surface area contributed by atoms with Crippen molar-refractivity contribution in [2.24, 2.45) is 0 Å². The van der Waals surface area contributed by atoms with Crippen LogP contribution in [0.1, 0.15) is 16.5 Å². The Morgan fingerprint density at radius 2 is 2.19 bits per heavy atom. The van der Waals surface area contributed by atoms with Gasteiger partial charge >= 0.3 is 0 Å². The number of hydrogen-bond donors (Lipinski definition) is 1. The van der Waals surface area contributed by atoms with Crippen molar-refractivity contribution in [3.05, 3.63) is 49.3 Å². The summed E-state index contributed by atoms with van der Waals surface area (Å²) in [6.45, 7) is 0. The molecule has 1 atom stereocenters. The Kier molecular flexibility index (Phi) is 4.13. The van der Waals surface area contributed by atoms with Crippen molar-refractivity contribution in [3.63, 3.8) is 0 Å². The van der Waals surface area contributed by atoms with Gasteiger partial charge in [-0.1, -0.05) is 0 Å². The first-order chi connectivity index (χ1) is 7.66. The molecule has 1 N–H and O–H groups in total. The summed E-state index contributed by atoms with van der Waals surface area (Å²) in [5.74, 6) is 0. The Morgan fingerprint density at radius 1 is 1.38 bits per heavy atom. The molecule has 5 heteroatoms. The van der Waals surface area contributed by atoms with Crippen LogP contribution in [-0.2, 0) is 6.42 Å². The van der Waals surface area contributed by atoms with Crippen molar-refractivity contribution in [1.82, 2.24) is 4.98 Å². The van der Waals surface area contributed by atoms with Gasteiger partial charge in [0.15, 0.2) is 0 Å². The second kappa shape index (κ2) is 5.40. The lowest BCUT2D eigenvalue weighted by Crippen LogP contribution is -2.00. The fourth-order valence-corrected chi connectivity index (χ4v) is 3.46. The van der Waals surface area contributed by atoms with Gasteiger partial charge in [-0.15, -0.1) is 11.3 Å². The SMILES string of the molecule is OC(Cc1cncc(Br)c1)c1sccc1Br. The zero-order valence-electron chi connectivity index (χ0n) is 8.23. The number of halogens is 2. The molecule has 84 valence electrons. The molecular weight excluding hydrogens is 354 g/mol. The molecule has 0 spiro atoms. The van der Waals surface area contributed by atoms with Gasteiger partial charge in [0.05, 0.1) is 6.10 Å². The van der Waals surface area contributed by atoms with Gasteiger partial charge in [-0.3, -0.25) is 4.98 Å². The zero-order valence-corrected chi connectivity index (χ0v) is 12.2. The normalized spacial score (nSPS) is 12.7. The van der Waals surface area contributed by atoms with Gasteiger partial charge in [0, 0.05) is 32.6 Å².